The number of phenols is 1. The Morgan fingerprint density at radius 3 is 2.00 bits per heavy atom. The minimum absolute atomic E-state index is 0.0157. The quantitative estimate of drug-likeness (QED) is 0.0385. The number of hydrogen-bond acceptors (Lipinski definition) is 10. The molecule has 302 valence electrons. The van der Waals surface area contributed by atoms with E-state index in [9.17, 15) is 57.7 Å². The minimum Gasteiger partial charge on any atom is -0.507 e. The van der Waals surface area contributed by atoms with Crippen LogP contribution in [0.4, 0.5) is 50.4 Å². The second-order valence-electron chi connectivity index (χ2n) is 14.3. The Morgan fingerprint density at radius 1 is 0.897 bits per heavy atom. The van der Waals surface area contributed by atoms with Crippen LogP contribution in [-0.4, -0.2) is 62.4 Å². The van der Waals surface area contributed by atoms with E-state index in [0.29, 0.717) is 4.90 Å². The van der Waals surface area contributed by atoms with Crippen molar-refractivity contribution < 1.29 is 56.1 Å². The number of anilines is 3. The lowest BCUT2D eigenvalue weighted by Gasteiger charge is -2.50. The molecule has 1 saturated carbocycles. The Kier molecular flexibility index (Phi) is 9.42. The first kappa shape index (κ1) is 40.3. The minimum atomic E-state index is -2.92. The molecule has 14 nitrogen and oxygen atoms in total. The maximum absolute atomic E-state index is 15.4. The molecule has 7 rings (SSSR count). The third kappa shape index (κ3) is 5.21. The van der Waals surface area contributed by atoms with Gasteiger partial charge in [-0.25, -0.2) is 31.8 Å². The van der Waals surface area contributed by atoms with Gasteiger partial charge in [0.2, 0.25) is 17.6 Å². The van der Waals surface area contributed by atoms with Crippen molar-refractivity contribution in [2.24, 2.45) is 17.8 Å². The summed E-state index contributed by atoms with van der Waals surface area (Å²) >= 11 is 14.3. The molecule has 4 aliphatic rings. The number of amides is 4. The summed E-state index contributed by atoms with van der Waals surface area (Å²) in [5.74, 6) is -24.9. The van der Waals surface area contributed by atoms with E-state index in [1.807, 2.05) is 0 Å². The zero-order valence-electron chi connectivity index (χ0n) is 29.8. The van der Waals surface area contributed by atoms with E-state index < -0.39 is 137 Å². The predicted octanol–water partition coefficient (Wildman–Crippen LogP) is 6.47. The lowest BCUT2D eigenvalue weighted by atomic mass is 9.56. The summed E-state index contributed by atoms with van der Waals surface area (Å²) in [5, 5.41) is 35.8. The van der Waals surface area contributed by atoms with Crippen LogP contribution in [-0.2, 0) is 25.6 Å². The maximum Gasteiger partial charge on any atom is 0.301 e. The second kappa shape index (κ2) is 13.6. The lowest BCUT2D eigenvalue weighted by molar-refractivity contribution is -0.392. The molecule has 0 bridgehead atoms. The number of carbonyl (C=O) groups is 4. The first-order chi connectivity index (χ1) is 27.2. The van der Waals surface area contributed by atoms with Crippen molar-refractivity contribution in [3.05, 3.63) is 115 Å². The van der Waals surface area contributed by atoms with E-state index in [1.165, 1.54) is 44.4 Å². The Bertz CT molecular complexity index is 2440. The summed E-state index contributed by atoms with van der Waals surface area (Å²) in [4.78, 5) is 75.4. The molecule has 2 heterocycles. The van der Waals surface area contributed by atoms with Gasteiger partial charge in [-0.05, 0) is 30.7 Å². The van der Waals surface area contributed by atoms with Gasteiger partial charge < -0.3 is 10.0 Å². The average molecular weight is 851 g/mol. The molecular weight excluding hydrogens is 824 g/mol. The van der Waals surface area contributed by atoms with Crippen LogP contribution in [0.2, 0.25) is 0 Å². The van der Waals surface area contributed by atoms with Gasteiger partial charge in [0.1, 0.15) is 11.4 Å². The number of phenolic OH excluding ortho intramolecular Hbond substituents is 1. The normalized spacial score (nSPS) is 26.3. The average Bonchev–Trinajstić information content (AvgIpc) is 3.51. The number of benzene rings is 3. The first-order valence-electron chi connectivity index (χ1n) is 17.1. The van der Waals surface area contributed by atoms with E-state index in [4.69, 9.17) is 23.2 Å². The van der Waals surface area contributed by atoms with Gasteiger partial charge in [-0.1, -0.05) is 35.9 Å². The fourth-order valence-electron chi connectivity index (χ4n) is 8.79. The highest BCUT2D eigenvalue weighted by Crippen LogP contribution is 2.67. The number of carbonyl (C=O) groups excluding carboxylic acids is 4. The van der Waals surface area contributed by atoms with E-state index in [0.717, 1.165) is 17.0 Å². The number of halogens is 7. The van der Waals surface area contributed by atoms with Crippen molar-refractivity contribution >= 4 is 75.3 Å². The number of imide groups is 2. The lowest BCUT2D eigenvalue weighted by Crippen LogP contribution is -2.60. The number of para-hydroxylation sites is 1. The fraction of sp³-hybridized carbons (Fsp3) is 0.297. The summed E-state index contributed by atoms with van der Waals surface area (Å²) in [6.45, 7) is 3.63. The molecule has 2 aliphatic carbocycles. The van der Waals surface area contributed by atoms with Crippen LogP contribution >= 0.6 is 23.2 Å². The van der Waals surface area contributed by atoms with Crippen LogP contribution in [0.5, 0.6) is 5.75 Å². The molecule has 2 saturated heterocycles. The number of hydrogen-bond donors (Lipinski definition) is 1. The number of fused-ring (bicyclic) bond motifs is 4. The highest BCUT2D eigenvalue weighted by atomic mass is 35.5. The van der Waals surface area contributed by atoms with Crippen LogP contribution in [0.3, 0.4) is 0 Å². The molecule has 0 spiro atoms. The van der Waals surface area contributed by atoms with Gasteiger partial charge in [0.05, 0.1) is 27.4 Å². The van der Waals surface area contributed by atoms with Gasteiger partial charge in [-0.3, -0.25) is 39.4 Å². The van der Waals surface area contributed by atoms with E-state index in [-0.39, 0.29) is 34.4 Å². The van der Waals surface area contributed by atoms with Crippen molar-refractivity contribution in [2.75, 3.05) is 28.8 Å². The molecule has 2 aliphatic heterocycles. The van der Waals surface area contributed by atoms with Crippen LogP contribution in [0.1, 0.15) is 29.9 Å². The van der Waals surface area contributed by atoms with E-state index in [2.05, 4.69) is 6.58 Å². The van der Waals surface area contributed by atoms with Gasteiger partial charge in [-0.15, -0.1) is 29.8 Å². The van der Waals surface area contributed by atoms with Crippen LogP contribution < -0.4 is 14.7 Å². The molecule has 21 heteroatoms. The molecule has 6 atom stereocenters. The summed E-state index contributed by atoms with van der Waals surface area (Å²) in [5.41, 5.74) is -4.64. The number of nitrogens with zero attached hydrogens (tertiary/aromatic N) is 5. The molecule has 0 unspecified atom stereocenters. The summed E-state index contributed by atoms with van der Waals surface area (Å²) in [6.07, 6.45) is 1.62. The number of alkyl halides is 2. The monoisotopic (exact) mass is 849 g/mol. The molecule has 0 radical (unpaired) electrons. The molecule has 0 aromatic heterocycles. The summed E-state index contributed by atoms with van der Waals surface area (Å²) < 4.78 is 74.0. The SMILES string of the molecule is C=CCc1cccc([C@H]2C3=CC[C@@H]4C(=O)N(c5cc([N+](=O)[O-])c(N(C)C)c([N+](=O)[O-])c5)C(=O)[C@@H]4[C@@H]3C[C@@]3(Cl)C(=O)N(c4c(F)c(F)c(F)c(F)c4F)C(=O)[C@@]23Cl)c1O. The van der Waals surface area contributed by atoms with Crippen molar-refractivity contribution in [2.45, 2.75) is 34.9 Å². The number of nitro groups is 2. The Hall–Kier alpha value is -5.95. The van der Waals surface area contributed by atoms with E-state index >= 15 is 8.78 Å². The summed E-state index contributed by atoms with van der Waals surface area (Å²) in [6, 6.07) is 5.72. The highest BCUT2D eigenvalue weighted by molar-refractivity contribution is 6.58. The third-order valence-electron chi connectivity index (χ3n) is 11.2. The number of aromatic hydroxyl groups is 1. The van der Waals surface area contributed by atoms with E-state index in [1.54, 1.807) is 0 Å². The molecular formula is C37H26Cl2F5N5O9. The maximum atomic E-state index is 15.4. The molecule has 1 N–H and O–H groups in total. The largest absolute Gasteiger partial charge is 0.507 e. The van der Waals surface area contributed by atoms with Gasteiger partial charge in [0.15, 0.2) is 38.7 Å². The van der Waals surface area contributed by atoms with Crippen molar-refractivity contribution in [3.63, 3.8) is 0 Å². The number of rotatable bonds is 8. The zero-order chi connectivity index (χ0) is 42.7. The smallest absolute Gasteiger partial charge is 0.301 e. The Morgan fingerprint density at radius 2 is 1.47 bits per heavy atom. The van der Waals surface area contributed by atoms with Gasteiger partial charge in [0, 0.05) is 37.7 Å². The van der Waals surface area contributed by atoms with Crippen LogP contribution in [0.25, 0.3) is 0 Å². The van der Waals surface area contributed by atoms with Crippen LogP contribution in [0, 0.1) is 67.1 Å². The van der Waals surface area contributed by atoms with Crippen molar-refractivity contribution in [1.82, 2.24) is 0 Å². The summed E-state index contributed by atoms with van der Waals surface area (Å²) in [7, 11) is 2.60. The zero-order valence-corrected chi connectivity index (χ0v) is 31.3. The molecule has 3 aromatic rings. The van der Waals surface area contributed by atoms with Gasteiger partial charge in [-0.2, -0.15) is 0 Å². The Balaban J connectivity index is 1.44. The number of nitro benzene ring substituents is 2. The predicted molar refractivity (Wildman–Crippen MR) is 195 cm³/mol. The molecule has 3 fully saturated rings. The highest BCUT2D eigenvalue weighted by Gasteiger charge is 2.77. The second-order valence-corrected chi connectivity index (χ2v) is 15.5. The van der Waals surface area contributed by atoms with Crippen LogP contribution in [0.15, 0.2) is 54.6 Å². The topological polar surface area (TPSA) is 185 Å². The molecule has 58 heavy (non-hydrogen) atoms. The van der Waals surface area contributed by atoms with Crippen molar-refractivity contribution in [3.8, 4) is 5.75 Å². The van der Waals surface area contributed by atoms with Gasteiger partial charge in [0.25, 0.3) is 11.8 Å². The van der Waals surface area contributed by atoms with Gasteiger partial charge >= 0.3 is 11.4 Å². The Labute approximate surface area is 333 Å². The molecule has 3 aromatic carbocycles. The fourth-order valence-corrected chi connectivity index (χ4v) is 9.71. The van der Waals surface area contributed by atoms with Crippen molar-refractivity contribution in [1.29, 1.82) is 0 Å². The first-order valence-corrected chi connectivity index (χ1v) is 17.8. The number of allylic oxidation sites excluding steroid dienone is 3. The molecule has 4 amide bonds. The standard InChI is InChI=1S/C37H26Cl2F5N5O9/c1-4-6-14-7-5-8-18(31(14)50)23-16-9-10-17-22(33(52)46(32(17)51)15-11-20(48(55)56)29(45(2)3)21(12-15)49(57)58)19(16)13-36(38)34(53)47(35(54)37(23,36)39)30-27(43)25(41)24(40)26(42)28(30)44/h4-5,7-9,11-12,17,19,22-23,50H,1,6,10,13H2,2-3H3/t17-,19+,22-,23+,36+,37-/m0/s1. The third-order valence-corrected chi connectivity index (χ3v) is 12.6.